The second-order valence-corrected chi connectivity index (χ2v) is 5.62. The molecule has 0 saturated carbocycles. The second-order valence-electron chi connectivity index (χ2n) is 5.62. The van der Waals surface area contributed by atoms with Gasteiger partial charge >= 0.3 is 0 Å². The Morgan fingerprint density at radius 1 is 1.25 bits per heavy atom. The van der Waals surface area contributed by atoms with E-state index in [-0.39, 0.29) is 11.9 Å². The van der Waals surface area contributed by atoms with E-state index >= 15 is 0 Å². The molecule has 0 saturated heterocycles. The summed E-state index contributed by atoms with van der Waals surface area (Å²) in [7, 11) is 4.89. The van der Waals surface area contributed by atoms with Crippen molar-refractivity contribution in [3.8, 4) is 11.5 Å². The molecule has 1 aromatic heterocycles. The molecular weight excluding hydrogens is 306 g/mol. The lowest BCUT2D eigenvalue weighted by Gasteiger charge is -2.19. The summed E-state index contributed by atoms with van der Waals surface area (Å²) in [5, 5.41) is 6.83. The second kappa shape index (κ2) is 7.86. The van der Waals surface area contributed by atoms with Gasteiger partial charge in [0.05, 0.1) is 14.2 Å². The highest BCUT2D eigenvalue weighted by molar-refractivity contribution is 5.94. The van der Waals surface area contributed by atoms with Gasteiger partial charge in [-0.15, -0.1) is 0 Å². The summed E-state index contributed by atoms with van der Waals surface area (Å²) in [5.74, 6) is 2.02. The molecule has 0 radical (unpaired) electrons. The highest BCUT2D eigenvalue weighted by Gasteiger charge is 2.18. The van der Waals surface area contributed by atoms with E-state index in [1.807, 2.05) is 32.0 Å². The largest absolute Gasteiger partial charge is 0.496 e. The average molecular weight is 331 g/mol. The molecule has 2 aromatic rings. The summed E-state index contributed by atoms with van der Waals surface area (Å²) >= 11 is 0. The first-order valence-corrected chi connectivity index (χ1v) is 8.06. The van der Waals surface area contributed by atoms with Crippen molar-refractivity contribution in [2.45, 2.75) is 32.7 Å². The first-order valence-electron chi connectivity index (χ1n) is 8.06. The number of anilines is 1. The van der Waals surface area contributed by atoms with Gasteiger partial charge in [-0.1, -0.05) is 13.3 Å². The number of likely N-dealkylation sites (N-methyl/N-ethyl adjacent to an activating group) is 1. The molecule has 1 atom stereocenters. The van der Waals surface area contributed by atoms with Crippen molar-refractivity contribution < 1.29 is 14.3 Å². The Hall–Kier alpha value is -2.50. The predicted molar refractivity (Wildman–Crippen MR) is 96.0 cm³/mol. The van der Waals surface area contributed by atoms with Crippen molar-refractivity contribution in [3.63, 3.8) is 0 Å². The normalized spacial score (nSPS) is 11.9. The molecule has 2 rings (SSSR count). The van der Waals surface area contributed by atoms with Gasteiger partial charge in [0, 0.05) is 12.4 Å². The van der Waals surface area contributed by atoms with Crippen LogP contribution >= 0.6 is 0 Å². The molecular formula is C18H25N3O3. The summed E-state index contributed by atoms with van der Waals surface area (Å²) in [6.07, 6.45) is 1.63. The van der Waals surface area contributed by atoms with Gasteiger partial charge in [-0.05, 0) is 37.1 Å². The summed E-state index contributed by atoms with van der Waals surface area (Å²) in [5.41, 5.74) is 1.72. The number of benzene rings is 1. The zero-order valence-corrected chi connectivity index (χ0v) is 14.9. The van der Waals surface area contributed by atoms with Crippen LogP contribution in [0.15, 0.2) is 18.2 Å². The first kappa shape index (κ1) is 17.8. The molecule has 1 unspecified atom stereocenters. The van der Waals surface area contributed by atoms with Gasteiger partial charge in [0.1, 0.15) is 28.9 Å². The van der Waals surface area contributed by atoms with Crippen LogP contribution in [0.3, 0.4) is 0 Å². The number of fused-ring (bicyclic) bond motifs is 1. The SMILES string of the molecule is CCCC(Nc1cc(C)c2c(OC)ccc(OC)c2n1)C(=O)NC. The molecule has 0 aliphatic rings. The molecule has 0 aliphatic heterocycles. The van der Waals surface area contributed by atoms with Crippen LogP contribution in [0.25, 0.3) is 10.9 Å². The molecule has 130 valence electrons. The Kier molecular flexibility index (Phi) is 5.84. The number of nitrogens with zero attached hydrogens (tertiary/aromatic N) is 1. The molecule has 2 N–H and O–H groups in total. The lowest BCUT2D eigenvalue weighted by molar-refractivity contribution is -0.121. The van der Waals surface area contributed by atoms with Gasteiger partial charge in [0.15, 0.2) is 0 Å². The van der Waals surface area contributed by atoms with Gasteiger partial charge in [-0.3, -0.25) is 4.79 Å². The molecule has 6 heteroatoms. The number of nitrogens with one attached hydrogen (secondary N) is 2. The number of rotatable bonds is 7. The zero-order chi connectivity index (χ0) is 17.7. The number of amides is 1. The lowest BCUT2D eigenvalue weighted by atomic mass is 10.1. The minimum Gasteiger partial charge on any atom is -0.496 e. The summed E-state index contributed by atoms with van der Waals surface area (Å²) in [6, 6.07) is 5.31. The third-order valence-electron chi connectivity index (χ3n) is 3.98. The van der Waals surface area contributed by atoms with Crippen LogP contribution in [0.5, 0.6) is 11.5 Å². The van der Waals surface area contributed by atoms with Crippen LogP contribution in [0.1, 0.15) is 25.3 Å². The van der Waals surface area contributed by atoms with Crippen molar-refractivity contribution in [2.24, 2.45) is 0 Å². The minimum absolute atomic E-state index is 0.0472. The number of hydrogen-bond donors (Lipinski definition) is 2. The van der Waals surface area contributed by atoms with Crippen molar-refractivity contribution >= 4 is 22.6 Å². The third-order valence-corrected chi connectivity index (χ3v) is 3.98. The van der Waals surface area contributed by atoms with Gasteiger partial charge in [-0.2, -0.15) is 0 Å². The Morgan fingerprint density at radius 2 is 1.92 bits per heavy atom. The third kappa shape index (κ3) is 3.53. The van der Waals surface area contributed by atoms with E-state index in [0.29, 0.717) is 17.1 Å². The molecule has 1 heterocycles. The van der Waals surface area contributed by atoms with Gasteiger partial charge in [0.2, 0.25) is 5.91 Å². The molecule has 24 heavy (non-hydrogen) atoms. The summed E-state index contributed by atoms with van der Waals surface area (Å²) in [6.45, 7) is 4.04. The maximum absolute atomic E-state index is 12.0. The topological polar surface area (TPSA) is 72.5 Å². The Bertz CT molecular complexity index is 731. The van der Waals surface area contributed by atoms with E-state index in [0.717, 1.165) is 29.5 Å². The Morgan fingerprint density at radius 3 is 2.50 bits per heavy atom. The molecule has 0 aliphatic carbocycles. The Balaban J connectivity index is 2.51. The molecule has 0 fully saturated rings. The van der Waals surface area contributed by atoms with Crippen molar-refractivity contribution in [2.75, 3.05) is 26.6 Å². The van der Waals surface area contributed by atoms with Crippen molar-refractivity contribution in [3.05, 3.63) is 23.8 Å². The van der Waals surface area contributed by atoms with Crippen LogP contribution in [0.4, 0.5) is 5.82 Å². The molecule has 6 nitrogen and oxygen atoms in total. The molecule has 0 spiro atoms. The van der Waals surface area contributed by atoms with Crippen LogP contribution in [0, 0.1) is 6.92 Å². The van der Waals surface area contributed by atoms with E-state index in [9.17, 15) is 4.79 Å². The number of aryl methyl sites for hydroxylation is 1. The van der Waals surface area contributed by atoms with Crippen LogP contribution < -0.4 is 20.1 Å². The molecule has 0 bridgehead atoms. The van der Waals surface area contributed by atoms with Crippen molar-refractivity contribution in [1.82, 2.24) is 10.3 Å². The van der Waals surface area contributed by atoms with Gasteiger partial charge in [-0.25, -0.2) is 4.98 Å². The van der Waals surface area contributed by atoms with E-state index < -0.39 is 0 Å². The van der Waals surface area contributed by atoms with Crippen LogP contribution in [0.2, 0.25) is 0 Å². The molecule has 1 amide bonds. The first-order chi connectivity index (χ1) is 11.5. The van der Waals surface area contributed by atoms with E-state index in [1.54, 1.807) is 21.3 Å². The van der Waals surface area contributed by atoms with E-state index in [2.05, 4.69) is 15.6 Å². The predicted octanol–water partition coefficient (Wildman–Crippen LogP) is 2.89. The average Bonchev–Trinajstić information content (AvgIpc) is 2.59. The fraction of sp³-hybridized carbons (Fsp3) is 0.444. The van der Waals surface area contributed by atoms with Crippen LogP contribution in [-0.2, 0) is 4.79 Å². The fourth-order valence-electron chi connectivity index (χ4n) is 2.79. The quantitative estimate of drug-likeness (QED) is 0.816. The highest BCUT2D eigenvalue weighted by Crippen LogP contribution is 2.35. The maximum Gasteiger partial charge on any atom is 0.242 e. The minimum atomic E-state index is -0.319. The number of pyridine rings is 1. The zero-order valence-electron chi connectivity index (χ0n) is 14.9. The number of carbonyl (C=O) groups is 1. The summed E-state index contributed by atoms with van der Waals surface area (Å²) < 4.78 is 10.9. The highest BCUT2D eigenvalue weighted by atomic mass is 16.5. The number of hydrogen-bond acceptors (Lipinski definition) is 5. The summed E-state index contributed by atoms with van der Waals surface area (Å²) in [4.78, 5) is 16.7. The number of ether oxygens (including phenoxy) is 2. The Labute approximate surface area is 142 Å². The fourth-order valence-corrected chi connectivity index (χ4v) is 2.79. The number of carbonyl (C=O) groups excluding carboxylic acids is 1. The van der Waals surface area contributed by atoms with E-state index in [1.165, 1.54) is 0 Å². The standard InChI is InChI=1S/C18H25N3O3/c1-6-7-12(18(22)19-3)20-15-10-11(2)16-13(23-4)8-9-14(24-5)17(16)21-15/h8-10,12H,6-7H2,1-5H3,(H,19,22)(H,20,21). The monoisotopic (exact) mass is 331 g/mol. The number of methoxy groups -OCH3 is 2. The van der Waals surface area contributed by atoms with Crippen LogP contribution in [-0.4, -0.2) is 38.2 Å². The van der Waals surface area contributed by atoms with Crippen molar-refractivity contribution in [1.29, 1.82) is 0 Å². The molecule has 1 aromatic carbocycles. The van der Waals surface area contributed by atoms with Gasteiger partial charge in [0.25, 0.3) is 0 Å². The number of aromatic nitrogens is 1. The maximum atomic E-state index is 12.0. The smallest absolute Gasteiger partial charge is 0.242 e. The van der Waals surface area contributed by atoms with Gasteiger partial charge < -0.3 is 20.1 Å². The lowest BCUT2D eigenvalue weighted by Crippen LogP contribution is -2.37. The van der Waals surface area contributed by atoms with E-state index in [4.69, 9.17) is 9.47 Å².